The van der Waals surface area contributed by atoms with Crippen LogP contribution in [0.25, 0.3) is 11.2 Å². The second-order valence-electron chi connectivity index (χ2n) is 10.4. The van der Waals surface area contributed by atoms with E-state index in [1.165, 1.54) is 12.1 Å². The average molecular weight is 617 g/mol. The molecule has 5 aromatic rings. The first kappa shape index (κ1) is 29.0. The number of likely N-dealkylation sites (N-methyl/N-ethyl adjacent to an activating group) is 2. The summed E-state index contributed by atoms with van der Waals surface area (Å²) >= 11 is 5.95. The first-order valence-electron chi connectivity index (χ1n) is 13.9. The van der Waals surface area contributed by atoms with Gasteiger partial charge in [0.05, 0.1) is 12.9 Å². The van der Waals surface area contributed by atoms with Crippen LogP contribution in [-0.4, -0.2) is 64.4 Å². The maximum absolute atomic E-state index is 13.9. The second-order valence-corrected chi connectivity index (χ2v) is 10.8. The van der Waals surface area contributed by atoms with Gasteiger partial charge in [0.25, 0.3) is 0 Å². The van der Waals surface area contributed by atoms with Gasteiger partial charge in [-0.15, -0.1) is 0 Å². The van der Waals surface area contributed by atoms with E-state index < -0.39 is 0 Å². The van der Waals surface area contributed by atoms with Crippen LogP contribution in [0.5, 0.6) is 11.5 Å². The molecule has 11 nitrogen and oxygen atoms in total. The van der Waals surface area contributed by atoms with Crippen LogP contribution in [0.2, 0.25) is 5.02 Å². The lowest BCUT2D eigenvalue weighted by Crippen LogP contribution is -2.37. The molecular weight excluding hydrogens is 587 g/mol. The van der Waals surface area contributed by atoms with Crippen LogP contribution < -0.4 is 25.0 Å². The smallest absolute Gasteiger partial charge is 0.321 e. The van der Waals surface area contributed by atoms with E-state index in [1.807, 2.05) is 40.8 Å². The summed E-state index contributed by atoms with van der Waals surface area (Å²) in [6.07, 6.45) is 1.68. The van der Waals surface area contributed by atoms with E-state index in [1.54, 1.807) is 48.6 Å². The third kappa shape index (κ3) is 6.60. The highest BCUT2D eigenvalue weighted by Gasteiger charge is 2.18. The van der Waals surface area contributed by atoms with E-state index in [0.29, 0.717) is 71.3 Å². The fraction of sp³-hybridized carbons (Fsp3) is 0.226. The standard InChI is InChI=1S/C31H30ClFN8O3/c1-39(12-13-40(2)31(42)36-24-9-7-22(32)8-10-24)30-37-28(34-16-20-6-11-25-26(15-20)44-19-43-25)27-29(38-30)41(18-35-27)17-21-4-3-5-23(33)14-21/h3-11,14-15,18H,12-13,16-17,19H2,1-2H3,(H,36,42)(H,34,37,38). The molecule has 6 rings (SSSR count). The Balaban J connectivity index is 1.22. The van der Waals surface area contributed by atoms with Crippen LogP contribution in [0.15, 0.2) is 73.1 Å². The van der Waals surface area contributed by atoms with Gasteiger partial charge in [0.2, 0.25) is 12.7 Å². The molecule has 13 heteroatoms. The van der Waals surface area contributed by atoms with Crippen LogP contribution in [-0.2, 0) is 13.1 Å². The number of aromatic nitrogens is 4. The third-order valence-electron chi connectivity index (χ3n) is 7.15. The number of amides is 2. The van der Waals surface area contributed by atoms with Crippen LogP contribution >= 0.6 is 11.6 Å². The van der Waals surface area contributed by atoms with Gasteiger partial charge >= 0.3 is 6.03 Å². The summed E-state index contributed by atoms with van der Waals surface area (Å²) in [6, 6.07) is 18.9. The van der Waals surface area contributed by atoms with Crippen LogP contribution in [0.1, 0.15) is 11.1 Å². The fourth-order valence-electron chi connectivity index (χ4n) is 4.66. The molecule has 0 unspecified atom stereocenters. The minimum absolute atomic E-state index is 0.204. The van der Waals surface area contributed by atoms with Crippen molar-refractivity contribution in [3.05, 3.63) is 95.0 Å². The summed E-state index contributed by atoms with van der Waals surface area (Å²) in [5.74, 6) is 2.09. The molecular formula is C31H30ClFN8O3. The highest BCUT2D eigenvalue weighted by Crippen LogP contribution is 2.33. The minimum Gasteiger partial charge on any atom is -0.454 e. The largest absolute Gasteiger partial charge is 0.454 e. The minimum atomic E-state index is -0.308. The lowest BCUT2D eigenvalue weighted by atomic mass is 10.2. The summed E-state index contributed by atoms with van der Waals surface area (Å²) < 4.78 is 26.7. The molecule has 44 heavy (non-hydrogen) atoms. The van der Waals surface area contributed by atoms with Crippen molar-refractivity contribution >= 4 is 46.2 Å². The van der Waals surface area contributed by atoms with Crippen molar-refractivity contribution in [2.75, 3.05) is 49.5 Å². The lowest BCUT2D eigenvalue weighted by molar-refractivity contribution is 0.174. The van der Waals surface area contributed by atoms with E-state index in [4.69, 9.17) is 31.0 Å². The zero-order valence-corrected chi connectivity index (χ0v) is 24.9. The number of carbonyl (C=O) groups is 1. The number of anilines is 3. The Morgan fingerprint density at radius 3 is 2.64 bits per heavy atom. The van der Waals surface area contributed by atoms with Crippen molar-refractivity contribution < 1.29 is 18.7 Å². The SMILES string of the molecule is CN(CCN(C)c1nc(NCc2ccc3c(c2)OCO3)c2ncn(Cc3cccc(F)c3)c2n1)C(=O)Nc1ccc(Cl)cc1. The maximum atomic E-state index is 13.9. The predicted octanol–water partition coefficient (Wildman–Crippen LogP) is 5.61. The van der Waals surface area contributed by atoms with Gasteiger partial charge < -0.3 is 34.5 Å². The monoisotopic (exact) mass is 616 g/mol. The number of hydrogen-bond acceptors (Lipinski definition) is 8. The third-order valence-corrected chi connectivity index (χ3v) is 7.40. The normalized spacial score (nSPS) is 11.9. The molecule has 0 bridgehead atoms. The van der Waals surface area contributed by atoms with Gasteiger partial charge in [-0.1, -0.05) is 29.8 Å². The molecule has 3 heterocycles. The van der Waals surface area contributed by atoms with Crippen molar-refractivity contribution in [1.82, 2.24) is 24.4 Å². The molecule has 1 aliphatic heterocycles. The van der Waals surface area contributed by atoms with E-state index in [-0.39, 0.29) is 18.6 Å². The van der Waals surface area contributed by atoms with Gasteiger partial charge in [-0.3, -0.25) is 0 Å². The van der Waals surface area contributed by atoms with Crippen molar-refractivity contribution in [3.8, 4) is 11.5 Å². The molecule has 0 saturated heterocycles. The summed E-state index contributed by atoms with van der Waals surface area (Å²) in [5.41, 5.74) is 3.58. The molecule has 0 fully saturated rings. The number of urea groups is 1. The van der Waals surface area contributed by atoms with E-state index >= 15 is 0 Å². The van der Waals surface area contributed by atoms with Gasteiger partial charge in [0.1, 0.15) is 5.82 Å². The molecule has 226 valence electrons. The predicted molar refractivity (Wildman–Crippen MR) is 167 cm³/mol. The van der Waals surface area contributed by atoms with Crippen molar-refractivity contribution in [2.24, 2.45) is 0 Å². The van der Waals surface area contributed by atoms with Gasteiger partial charge in [0.15, 0.2) is 28.5 Å². The molecule has 2 aromatic heterocycles. The van der Waals surface area contributed by atoms with E-state index in [0.717, 1.165) is 11.1 Å². The Labute approximate surface area is 258 Å². The number of hydrogen-bond donors (Lipinski definition) is 2. The van der Waals surface area contributed by atoms with Crippen LogP contribution in [0.3, 0.4) is 0 Å². The van der Waals surface area contributed by atoms with Crippen molar-refractivity contribution in [2.45, 2.75) is 13.1 Å². The van der Waals surface area contributed by atoms with Gasteiger partial charge in [-0.05, 0) is 59.7 Å². The molecule has 3 aromatic carbocycles. The molecule has 2 amide bonds. The Bertz CT molecular complexity index is 1800. The number of benzene rings is 3. The maximum Gasteiger partial charge on any atom is 0.321 e. The van der Waals surface area contributed by atoms with Gasteiger partial charge in [0, 0.05) is 44.4 Å². The number of ether oxygens (including phenoxy) is 2. The average Bonchev–Trinajstić information content (AvgIpc) is 3.66. The summed E-state index contributed by atoms with van der Waals surface area (Å²) in [5, 5.41) is 6.85. The Morgan fingerprint density at radius 2 is 1.82 bits per heavy atom. The number of fused-ring (bicyclic) bond motifs is 2. The number of halogens is 2. The highest BCUT2D eigenvalue weighted by atomic mass is 35.5. The fourth-order valence-corrected chi connectivity index (χ4v) is 4.79. The zero-order chi connectivity index (χ0) is 30.6. The number of rotatable bonds is 10. The zero-order valence-electron chi connectivity index (χ0n) is 24.1. The number of carbonyl (C=O) groups excluding carboxylic acids is 1. The van der Waals surface area contributed by atoms with E-state index in [2.05, 4.69) is 15.6 Å². The molecule has 1 aliphatic rings. The van der Waals surface area contributed by atoms with E-state index in [9.17, 15) is 9.18 Å². The summed E-state index contributed by atoms with van der Waals surface area (Å²) in [6.45, 7) is 1.89. The lowest BCUT2D eigenvalue weighted by Gasteiger charge is -2.23. The second kappa shape index (κ2) is 12.6. The Morgan fingerprint density at radius 1 is 1.00 bits per heavy atom. The summed E-state index contributed by atoms with van der Waals surface area (Å²) in [4.78, 5) is 30.4. The number of imidazole rings is 1. The molecule has 0 atom stereocenters. The first-order chi connectivity index (χ1) is 21.3. The molecule has 0 radical (unpaired) electrons. The molecule has 2 N–H and O–H groups in total. The molecule has 0 saturated carbocycles. The molecule has 0 spiro atoms. The van der Waals surface area contributed by atoms with Crippen molar-refractivity contribution in [1.29, 1.82) is 0 Å². The van der Waals surface area contributed by atoms with Gasteiger partial charge in [-0.2, -0.15) is 9.97 Å². The first-order valence-corrected chi connectivity index (χ1v) is 14.3. The van der Waals surface area contributed by atoms with Crippen LogP contribution in [0.4, 0.5) is 26.6 Å². The van der Waals surface area contributed by atoms with Crippen LogP contribution in [0, 0.1) is 5.82 Å². The Kier molecular flexibility index (Phi) is 8.33. The number of nitrogens with one attached hydrogen (secondary N) is 2. The summed E-state index contributed by atoms with van der Waals surface area (Å²) in [7, 11) is 3.58. The van der Waals surface area contributed by atoms with Gasteiger partial charge in [-0.25, -0.2) is 14.2 Å². The molecule has 0 aliphatic carbocycles. The van der Waals surface area contributed by atoms with Crippen molar-refractivity contribution in [3.63, 3.8) is 0 Å². The quantitative estimate of drug-likeness (QED) is 0.208. The highest BCUT2D eigenvalue weighted by molar-refractivity contribution is 6.30. The number of nitrogens with zero attached hydrogens (tertiary/aromatic N) is 6. The Hall–Kier alpha value is -5.10. The topological polar surface area (TPSA) is 110 Å².